The molecule has 4 aliphatic carbocycles. The lowest BCUT2D eigenvalue weighted by molar-refractivity contribution is -0.213. The van der Waals surface area contributed by atoms with Crippen LogP contribution in [0.5, 0.6) is 0 Å². The van der Waals surface area contributed by atoms with E-state index >= 15 is 0 Å². The fourth-order valence-electron chi connectivity index (χ4n) is 13.4. The van der Waals surface area contributed by atoms with Gasteiger partial charge in [0.2, 0.25) is 5.91 Å². The maximum atomic E-state index is 13.4. The van der Waals surface area contributed by atoms with Crippen LogP contribution in [-0.2, 0) is 19.0 Å². The molecule has 0 bridgehead atoms. The molecule has 3 saturated heterocycles. The first-order valence-corrected chi connectivity index (χ1v) is 20.5. The molecule has 7 aliphatic rings. The molecule has 13 atom stereocenters. The van der Waals surface area contributed by atoms with E-state index in [4.69, 9.17) is 14.2 Å². The topological polar surface area (TPSA) is 112 Å². The average Bonchev–Trinajstić information content (AvgIpc) is 3.71. The predicted molar refractivity (Wildman–Crippen MR) is 192 cm³/mol. The number of nitrogens with zero attached hydrogens (tertiary/aromatic N) is 2. The van der Waals surface area contributed by atoms with Gasteiger partial charge < -0.3 is 39.3 Å². The molecule has 9 nitrogen and oxygen atoms in total. The van der Waals surface area contributed by atoms with Gasteiger partial charge in [-0.2, -0.15) is 0 Å². The molecule has 3 aliphatic heterocycles. The molecule has 1 amide bonds. The third-order valence-electron chi connectivity index (χ3n) is 16.5. The number of amides is 1. The molecule has 0 aromatic heterocycles. The van der Waals surface area contributed by atoms with Crippen LogP contribution in [-0.4, -0.2) is 113 Å². The van der Waals surface area contributed by atoms with E-state index in [0.29, 0.717) is 49.3 Å². The second-order valence-electron chi connectivity index (χ2n) is 19.8. The molecule has 0 aromatic carbocycles. The Hall–Kier alpha value is -0.810. The molecule has 9 heteroatoms. The number of piperidine rings is 1. The van der Waals surface area contributed by atoms with Crippen LogP contribution in [0.1, 0.15) is 119 Å². The maximum absolute atomic E-state index is 13.4. The Bertz CT molecular complexity index is 1250. The van der Waals surface area contributed by atoms with Gasteiger partial charge in [-0.1, -0.05) is 41.0 Å². The number of ether oxygens (including phenoxy) is 3. The minimum Gasteiger partial charge on any atom is -0.390 e. The van der Waals surface area contributed by atoms with Gasteiger partial charge in [0, 0.05) is 17.9 Å². The Labute approximate surface area is 302 Å². The molecule has 3 heterocycles. The summed E-state index contributed by atoms with van der Waals surface area (Å²) in [7, 11) is 2.13. The SMILES string of the molecule is CC(C)C(CCC12CCCC3C1(CCC1(C)C4C(C)CC(C(O)C(C)(C)O)OC4C(O)C31C)C2)OC1CN(C(=O)C2CCN(C)CC2)CCO1. The lowest BCUT2D eigenvalue weighted by Gasteiger charge is -2.60. The quantitative estimate of drug-likeness (QED) is 0.300. The van der Waals surface area contributed by atoms with Gasteiger partial charge in [-0.25, -0.2) is 0 Å². The molecule has 286 valence electrons. The third-order valence-corrected chi connectivity index (χ3v) is 16.5. The summed E-state index contributed by atoms with van der Waals surface area (Å²) in [6, 6.07) is 0. The van der Waals surface area contributed by atoms with Gasteiger partial charge in [-0.15, -0.1) is 0 Å². The van der Waals surface area contributed by atoms with E-state index in [1.807, 2.05) is 4.90 Å². The van der Waals surface area contributed by atoms with Crippen molar-refractivity contribution in [2.75, 3.05) is 39.8 Å². The van der Waals surface area contributed by atoms with Crippen molar-refractivity contribution in [2.45, 2.75) is 162 Å². The summed E-state index contributed by atoms with van der Waals surface area (Å²) >= 11 is 0. The number of likely N-dealkylation sites (tertiary alicyclic amines) is 1. The fourth-order valence-corrected chi connectivity index (χ4v) is 13.4. The van der Waals surface area contributed by atoms with E-state index in [1.165, 1.54) is 25.7 Å². The summed E-state index contributed by atoms with van der Waals surface area (Å²) in [5.41, 5.74) is -1.02. The van der Waals surface area contributed by atoms with Crippen molar-refractivity contribution in [1.29, 1.82) is 0 Å². The van der Waals surface area contributed by atoms with Crippen LogP contribution in [0.3, 0.4) is 0 Å². The number of rotatable bonds is 9. The van der Waals surface area contributed by atoms with E-state index < -0.39 is 23.9 Å². The lowest BCUT2D eigenvalue weighted by atomic mass is 9.44. The summed E-state index contributed by atoms with van der Waals surface area (Å²) in [4.78, 5) is 17.7. The van der Waals surface area contributed by atoms with Crippen molar-refractivity contribution in [2.24, 2.45) is 51.2 Å². The number of morpholine rings is 1. The molecule has 3 N–H and O–H groups in total. The van der Waals surface area contributed by atoms with Gasteiger partial charge in [-0.3, -0.25) is 4.79 Å². The Morgan fingerprint density at radius 2 is 1.80 bits per heavy atom. The number of fused-ring (bicyclic) bond motifs is 4. The molecule has 4 saturated carbocycles. The zero-order valence-corrected chi connectivity index (χ0v) is 32.5. The average molecular weight is 703 g/mol. The molecular formula is C41H70N2O7. The molecule has 7 fully saturated rings. The van der Waals surface area contributed by atoms with Gasteiger partial charge in [0.15, 0.2) is 6.29 Å². The van der Waals surface area contributed by atoms with Crippen molar-refractivity contribution in [1.82, 2.24) is 9.80 Å². The first-order chi connectivity index (χ1) is 23.5. The van der Waals surface area contributed by atoms with Crippen LogP contribution in [0.4, 0.5) is 0 Å². The van der Waals surface area contributed by atoms with Crippen LogP contribution in [0.15, 0.2) is 0 Å². The Balaban J connectivity index is 1.03. The van der Waals surface area contributed by atoms with Crippen LogP contribution < -0.4 is 0 Å². The summed E-state index contributed by atoms with van der Waals surface area (Å²) < 4.78 is 19.6. The number of hydrogen-bond donors (Lipinski definition) is 3. The highest BCUT2D eigenvalue weighted by atomic mass is 16.7. The van der Waals surface area contributed by atoms with Crippen LogP contribution in [0.25, 0.3) is 0 Å². The Morgan fingerprint density at radius 3 is 2.48 bits per heavy atom. The Morgan fingerprint density at radius 1 is 1.08 bits per heavy atom. The highest BCUT2D eigenvalue weighted by Gasteiger charge is 2.81. The summed E-state index contributed by atoms with van der Waals surface area (Å²) in [5, 5.41) is 34.1. The third kappa shape index (κ3) is 5.85. The largest absolute Gasteiger partial charge is 0.390 e. The molecule has 50 heavy (non-hydrogen) atoms. The maximum Gasteiger partial charge on any atom is 0.226 e. The Kier molecular flexibility index (Phi) is 9.90. The van der Waals surface area contributed by atoms with E-state index in [1.54, 1.807) is 13.8 Å². The normalized spacial score (nSPS) is 46.5. The van der Waals surface area contributed by atoms with Crippen molar-refractivity contribution >= 4 is 5.91 Å². The van der Waals surface area contributed by atoms with Crippen molar-refractivity contribution in [3.63, 3.8) is 0 Å². The first kappa shape index (κ1) is 37.5. The van der Waals surface area contributed by atoms with Crippen LogP contribution in [0.2, 0.25) is 0 Å². The van der Waals surface area contributed by atoms with Gasteiger partial charge >= 0.3 is 0 Å². The minimum absolute atomic E-state index is 0.0402. The summed E-state index contributed by atoms with van der Waals surface area (Å²) in [6.45, 7) is 18.6. The van der Waals surface area contributed by atoms with E-state index in [9.17, 15) is 20.1 Å². The fraction of sp³-hybridized carbons (Fsp3) is 0.976. The number of aliphatic hydroxyl groups is 3. The molecule has 13 unspecified atom stereocenters. The highest BCUT2D eigenvalue weighted by Crippen LogP contribution is 2.86. The zero-order chi connectivity index (χ0) is 36.0. The molecule has 0 aromatic rings. The van der Waals surface area contributed by atoms with Crippen molar-refractivity contribution in [3.05, 3.63) is 0 Å². The second-order valence-corrected chi connectivity index (χ2v) is 19.8. The van der Waals surface area contributed by atoms with Gasteiger partial charge in [-0.05, 0) is 138 Å². The summed E-state index contributed by atoms with van der Waals surface area (Å²) in [5.74, 6) is 1.71. The monoisotopic (exact) mass is 703 g/mol. The number of carbonyl (C=O) groups is 1. The lowest BCUT2D eigenvalue weighted by Crippen LogP contribution is -2.56. The van der Waals surface area contributed by atoms with E-state index in [0.717, 1.165) is 51.6 Å². The minimum atomic E-state index is -1.26. The summed E-state index contributed by atoms with van der Waals surface area (Å²) in [6.07, 6.45) is 9.22. The molecule has 1 spiro atoms. The standard InChI is InChI=1S/C41H70N2O7/c1-25(2)28(49-31-23-43(20-21-48-31)36(46)27-12-18-42(8)19-13-27)11-15-40-14-9-10-30-39(7)35(45)33-32(38(39,6)16-17-41(30,40)24-40)26(3)22-29(50-33)34(44)37(4,5)47/h25-35,44-45,47H,9-24H2,1-8H3. The number of aliphatic hydroxyl groups excluding tert-OH is 2. The van der Waals surface area contributed by atoms with Crippen molar-refractivity contribution in [3.8, 4) is 0 Å². The van der Waals surface area contributed by atoms with E-state index in [-0.39, 0.29) is 52.5 Å². The van der Waals surface area contributed by atoms with E-state index in [2.05, 4.69) is 46.6 Å². The van der Waals surface area contributed by atoms with Crippen LogP contribution in [0, 0.1) is 51.2 Å². The van der Waals surface area contributed by atoms with Crippen LogP contribution >= 0.6 is 0 Å². The second kappa shape index (κ2) is 13.2. The predicted octanol–water partition coefficient (Wildman–Crippen LogP) is 5.23. The molecular weight excluding hydrogens is 632 g/mol. The van der Waals surface area contributed by atoms with Gasteiger partial charge in [0.25, 0.3) is 0 Å². The highest BCUT2D eigenvalue weighted by molar-refractivity contribution is 5.79. The number of carbonyl (C=O) groups excluding carboxylic acids is 1. The molecule has 7 rings (SSSR count). The van der Waals surface area contributed by atoms with Gasteiger partial charge in [0.1, 0.15) is 6.10 Å². The smallest absolute Gasteiger partial charge is 0.226 e. The van der Waals surface area contributed by atoms with Crippen molar-refractivity contribution < 1.29 is 34.3 Å². The zero-order valence-electron chi connectivity index (χ0n) is 32.5. The number of hydrogen-bond acceptors (Lipinski definition) is 8. The first-order valence-electron chi connectivity index (χ1n) is 20.5. The molecule has 0 radical (unpaired) electrons. The van der Waals surface area contributed by atoms with Gasteiger partial charge in [0.05, 0.1) is 43.2 Å².